The van der Waals surface area contributed by atoms with Gasteiger partial charge in [-0.2, -0.15) is 0 Å². The number of nitrogens with zero attached hydrogens (tertiary/aromatic N) is 1. The molecule has 2 rings (SSSR count). The predicted molar refractivity (Wildman–Crippen MR) is 69.9 cm³/mol. The molecule has 0 aliphatic heterocycles. The van der Waals surface area contributed by atoms with E-state index in [9.17, 15) is 4.79 Å². The van der Waals surface area contributed by atoms with Crippen LogP contribution in [0.15, 0.2) is 36.7 Å². The van der Waals surface area contributed by atoms with Crippen molar-refractivity contribution in [1.29, 1.82) is 0 Å². The molecule has 3 nitrogen and oxygen atoms in total. The molecule has 0 amide bonds. The zero-order valence-electron chi connectivity index (χ0n) is 10.5. The molecule has 2 aromatic rings. The Kier molecular flexibility index (Phi) is 3.42. The van der Waals surface area contributed by atoms with E-state index in [1.807, 2.05) is 32.0 Å². The van der Waals surface area contributed by atoms with E-state index in [1.54, 1.807) is 18.5 Å². The highest BCUT2D eigenvalue weighted by atomic mass is 16.4. The van der Waals surface area contributed by atoms with Crippen LogP contribution in [0.3, 0.4) is 0 Å². The number of aromatic nitrogens is 1. The number of benzene rings is 1. The van der Waals surface area contributed by atoms with Crippen LogP contribution in [-0.2, 0) is 6.42 Å². The highest BCUT2D eigenvalue weighted by molar-refractivity contribution is 5.89. The van der Waals surface area contributed by atoms with E-state index in [0.717, 1.165) is 28.7 Å². The molecule has 0 bridgehead atoms. The topological polar surface area (TPSA) is 50.2 Å². The first-order chi connectivity index (χ1) is 8.58. The molecule has 3 heteroatoms. The molecular weight excluding hydrogens is 226 g/mol. The molecule has 0 aliphatic carbocycles. The molecule has 0 saturated carbocycles. The number of carboxylic acids is 1. The van der Waals surface area contributed by atoms with Gasteiger partial charge in [-0.05, 0) is 60.7 Å². The second-order valence-electron chi connectivity index (χ2n) is 4.43. The predicted octanol–water partition coefficient (Wildman–Crippen LogP) is 2.99. The Morgan fingerprint density at radius 1 is 1.17 bits per heavy atom. The number of rotatable bonds is 3. The standard InChI is InChI=1S/C15H15NO2/c1-10-7-11(2)14(15(17)18)9-13(10)8-12-3-5-16-6-4-12/h3-7,9H,8H2,1-2H3,(H,17,18). The van der Waals surface area contributed by atoms with E-state index in [0.29, 0.717) is 5.56 Å². The largest absolute Gasteiger partial charge is 0.478 e. The first kappa shape index (κ1) is 12.3. The van der Waals surface area contributed by atoms with Crippen molar-refractivity contribution in [3.63, 3.8) is 0 Å². The maximum absolute atomic E-state index is 11.1. The molecule has 1 aromatic carbocycles. The zero-order valence-corrected chi connectivity index (χ0v) is 10.5. The van der Waals surface area contributed by atoms with E-state index < -0.39 is 5.97 Å². The van der Waals surface area contributed by atoms with Gasteiger partial charge in [0, 0.05) is 12.4 Å². The van der Waals surface area contributed by atoms with Gasteiger partial charge in [0.1, 0.15) is 0 Å². The minimum atomic E-state index is -0.872. The van der Waals surface area contributed by atoms with Crippen molar-refractivity contribution in [1.82, 2.24) is 4.98 Å². The maximum Gasteiger partial charge on any atom is 0.335 e. The Morgan fingerprint density at radius 2 is 1.83 bits per heavy atom. The van der Waals surface area contributed by atoms with Gasteiger partial charge in [-0.25, -0.2) is 4.79 Å². The lowest BCUT2D eigenvalue weighted by molar-refractivity contribution is 0.0696. The lowest BCUT2D eigenvalue weighted by Crippen LogP contribution is -2.03. The van der Waals surface area contributed by atoms with Crippen molar-refractivity contribution in [3.8, 4) is 0 Å². The molecule has 0 atom stereocenters. The van der Waals surface area contributed by atoms with Crippen LogP contribution in [0.1, 0.15) is 32.6 Å². The average molecular weight is 241 g/mol. The molecular formula is C15H15NO2. The van der Waals surface area contributed by atoms with Crippen molar-refractivity contribution in [2.75, 3.05) is 0 Å². The van der Waals surface area contributed by atoms with Gasteiger partial charge in [0.15, 0.2) is 0 Å². The second kappa shape index (κ2) is 5.00. The Bertz CT molecular complexity index is 577. The van der Waals surface area contributed by atoms with Crippen molar-refractivity contribution in [2.24, 2.45) is 0 Å². The summed E-state index contributed by atoms with van der Waals surface area (Å²) >= 11 is 0. The fourth-order valence-electron chi connectivity index (χ4n) is 2.04. The van der Waals surface area contributed by atoms with Crippen molar-refractivity contribution >= 4 is 5.97 Å². The van der Waals surface area contributed by atoms with Crippen molar-refractivity contribution < 1.29 is 9.90 Å². The molecule has 0 unspecified atom stereocenters. The van der Waals surface area contributed by atoms with E-state index >= 15 is 0 Å². The van der Waals surface area contributed by atoms with Gasteiger partial charge in [0.25, 0.3) is 0 Å². The van der Waals surface area contributed by atoms with Gasteiger partial charge in [-0.15, -0.1) is 0 Å². The van der Waals surface area contributed by atoms with Crippen LogP contribution >= 0.6 is 0 Å². The van der Waals surface area contributed by atoms with Crippen LogP contribution in [0.2, 0.25) is 0 Å². The third kappa shape index (κ3) is 2.56. The molecule has 0 radical (unpaired) electrons. The summed E-state index contributed by atoms with van der Waals surface area (Å²) in [5.41, 5.74) is 4.48. The van der Waals surface area contributed by atoms with E-state index in [2.05, 4.69) is 4.98 Å². The molecule has 18 heavy (non-hydrogen) atoms. The normalized spacial score (nSPS) is 10.3. The summed E-state index contributed by atoms with van der Waals surface area (Å²) in [6, 6.07) is 7.59. The lowest BCUT2D eigenvalue weighted by Gasteiger charge is -2.10. The zero-order chi connectivity index (χ0) is 13.1. The molecule has 0 saturated heterocycles. The van der Waals surface area contributed by atoms with Crippen LogP contribution in [0.4, 0.5) is 0 Å². The third-order valence-corrected chi connectivity index (χ3v) is 3.06. The molecule has 92 valence electrons. The van der Waals surface area contributed by atoms with Gasteiger partial charge in [-0.3, -0.25) is 4.98 Å². The van der Waals surface area contributed by atoms with Gasteiger partial charge >= 0.3 is 5.97 Å². The van der Waals surface area contributed by atoms with Crippen molar-refractivity contribution in [3.05, 3.63) is 64.5 Å². The SMILES string of the molecule is Cc1cc(C)c(C(=O)O)cc1Cc1ccncc1. The first-order valence-corrected chi connectivity index (χ1v) is 5.80. The Labute approximate surface area is 106 Å². The molecule has 1 heterocycles. The van der Waals surface area contributed by atoms with Crippen LogP contribution in [0.25, 0.3) is 0 Å². The van der Waals surface area contributed by atoms with Crippen LogP contribution < -0.4 is 0 Å². The van der Waals surface area contributed by atoms with Crippen LogP contribution in [0, 0.1) is 13.8 Å². The third-order valence-electron chi connectivity index (χ3n) is 3.06. The Balaban J connectivity index is 2.39. The monoisotopic (exact) mass is 241 g/mol. The number of pyridine rings is 1. The first-order valence-electron chi connectivity index (χ1n) is 5.80. The van der Waals surface area contributed by atoms with E-state index in [4.69, 9.17) is 5.11 Å². The van der Waals surface area contributed by atoms with Gasteiger partial charge < -0.3 is 5.11 Å². The number of aryl methyl sites for hydroxylation is 2. The summed E-state index contributed by atoms with van der Waals surface area (Å²) in [6.07, 6.45) is 4.23. The Hall–Kier alpha value is -2.16. The minimum Gasteiger partial charge on any atom is -0.478 e. The number of carbonyl (C=O) groups is 1. The number of hydrogen-bond acceptors (Lipinski definition) is 2. The summed E-state index contributed by atoms with van der Waals surface area (Å²) in [6.45, 7) is 3.84. The fourth-order valence-corrected chi connectivity index (χ4v) is 2.04. The number of hydrogen-bond donors (Lipinski definition) is 1. The molecule has 0 spiro atoms. The summed E-state index contributed by atoms with van der Waals surface area (Å²) in [5, 5.41) is 9.14. The molecule has 0 fully saturated rings. The lowest BCUT2D eigenvalue weighted by atomic mass is 9.96. The van der Waals surface area contributed by atoms with E-state index in [-0.39, 0.29) is 0 Å². The van der Waals surface area contributed by atoms with Gasteiger partial charge in [0.05, 0.1) is 5.56 Å². The summed E-state index contributed by atoms with van der Waals surface area (Å²) < 4.78 is 0. The molecule has 1 aromatic heterocycles. The average Bonchev–Trinajstić information content (AvgIpc) is 2.33. The molecule has 1 N–H and O–H groups in total. The minimum absolute atomic E-state index is 0.379. The maximum atomic E-state index is 11.1. The van der Waals surface area contributed by atoms with Gasteiger partial charge in [-0.1, -0.05) is 6.07 Å². The highest BCUT2D eigenvalue weighted by Gasteiger charge is 2.10. The highest BCUT2D eigenvalue weighted by Crippen LogP contribution is 2.19. The summed E-state index contributed by atoms with van der Waals surface area (Å²) in [4.78, 5) is 15.1. The smallest absolute Gasteiger partial charge is 0.335 e. The number of carboxylic acid groups (broad SMARTS) is 1. The quantitative estimate of drug-likeness (QED) is 0.898. The summed E-state index contributed by atoms with van der Waals surface area (Å²) in [5.74, 6) is -0.872. The molecule has 0 aliphatic rings. The summed E-state index contributed by atoms with van der Waals surface area (Å²) in [7, 11) is 0. The van der Waals surface area contributed by atoms with E-state index in [1.165, 1.54) is 0 Å². The fraction of sp³-hybridized carbons (Fsp3) is 0.200. The van der Waals surface area contributed by atoms with Gasteiger partial charge in [0.2, 0.25) is 0 Å². The number of aromatic carboxylic acids is 1. The van der Waals surface area contributed by atoms with Crippen LogP contribution in [0.5, 0.6) is 0 Å². The van der Waals surface area contributed by atoms with Crippen molar-refractivity contribution in [2.45, 2.75) is 20.3 Å². The Morgan fingerprint density at radius 3 is 2.44 bits per heavy atom. The second-order valence-corrected chi connectivity index (χ2v) is 4.43. The van der Waals surface area contributed by atoms with Crippen LogP contribution in [-0.4, -0.2) is 16.1 Å².